The van der Waals surface area contributed by atoms with Crippen LogP contribution in [0.1, 0.15) is 37.0 Å². The second-order valence-corrected chi connectivity index (χ2v) is 4.16. The number of hydrogen-bond acceptors (Lipinski definition) is 3. The lowest BCUT2D eigenvalue weighted by atomic mass is 10.2. The van der Waals surface area contributed by atoms with E-state index in [2.05, 4.69) is 12.2 Å². The lowest BCUT2D eigenvalue weighted by Gasteiger charge is -2.16. The third-order valence-electron chi connectivity index (χ3n) is 2.67. The molecule has 1 aromatic carbocycles. The van der Waals surface area contributed by atoms with Crippen LogP contribution in [-0.2, 0) is 4.74 Å². The minimum absolute atomic E-state index is 0.175. The zero-order chi connectivity index (χ0) is 13.4. The van der Waals surface area contributed by atoms with Crippen molar-refractivity contribution in [2.45, 2.75) is 32.7 Å². The summed E-state index contributed by atoms with van der Waals surface area (Å²) in [6, 6.07) is 5.54. The zero-order valence-corrected chi connectivity index (χ0v) is 10.9. The van der Waals surface area contributed by atoms with Gasteiger partial charge in [-0.15, -0.1) is 0 Å². The van der Waals surface area contributed by atoms with Gasteiger partial charge in [-0.3, -0.25) is 0 Å². The molecule has 1 unspecified atom stereocenters. The van der Waals surface area contributed by atoms with Crippen LogP contribution in [0.25, 0.3) is 0 Å². The fourth-order valence-electron chi connectivity index (χ4n) is 1.52. The van der Waals surface area contributed by atoms with E-state index in [-0.39, 0.29) is 11.9 Å². The van der Waals surface area contributed by atoms with E-state index < -0.39 is 5.97 Å². The lowest BCUT2D eigenvalue weighted by molar-refractivity contribution is 0.0463. The Morgan fingerprint density at radius 1 is 1.33 bits per heavy atom. The van der Waals surface area contributed by atoms with Crippen LogP contribution in [0.15, 0.2) is 24.3 Å². The standard InChI is InChI=1S/C14H20FNO2/c1-3-9-16-13(4-2)10-18-14(17)11-5-7-12(15)8-6-11/h5-8,13,16H,3-4,9-10H2,1-2H3. The average Bonchev–Trinajstić information content (AvgIpc) is 2.39. The van der Waals surface area contributed by atoms with Crippen LogP contribution in [0, 0.1) is 5.82 Å². The van der Waals surface area contributed by atoms with Gasteiger partial charge in [-0.05, 0) is 43.7 Å². The molecule has 0 fully saturated rings. The summed E-state index contributed by atoms with van der Waals surface area (Å²) in [5.41, 5.74) is 0.377. The second-order valence-electron chi connectivity index (χ2n) is 4.16. The van der Waals surface area contributed by atoms with Crippen molar-refractivity contribution in [2.75, 3.05) is 13.2 Å². The van der Waals surface area contributed by atoms with E-state index in [4.69, 9.17) is 4.74 Å². The zero-order valence-electron chi connectivity index (χ0n) is 10.9. The van der Waals surface area contributed by atoms with Crippen LogP contribution in [-0.4, -0.2) is 25.2 Å². The van der Waals surface area contributed by atoms with Crippen molar-refractivity contribution in [3.8, 4) is 0 Å². The van der Waals surface area contributed by atoms with Gasteiger partial charge in [0.25, 0.3) is 0 Å². The largest absolute Gasteiger partial charge is 0.460 e. The molecule has 0 amide bonds. The fourth-order valence-corrected chi connectivity index (χ4v) is 1.52. The fraction of sp³-hybridized carbons (Fsp3) is 0.500. The number of carbonyl (C=O) groups excluding carboxylic acids is 1. The number of carbonyl (C=O) groups is 1. The Morgan fingerprint density at radius 3 is 2.56 bits per heavy atom. The first-order valence-electron chi connectivity index (χ1n) is 6.33. The molecule has 4 heteroatoms. The van der Waals surface area contributed by atoms with Gasteiger partial charge in [0.15, 0.2) is 0 Å². The van der Waals surface area contributed by atoms with Crippen LogP contribution in [0.4, 0.5) is 4.39 Å². The molecule has 0 radical (unpaired) electrons. The van der Waals surface area contributed by atoms with E-state index in [1.807, 2.05) is 6.92 Å². The molecule has 3 nitrogen and oxygen atoms in total. The highest BCUT2D eigenvalue weighted by Gasteiger charge is 2.11. The highest BCUT2D eigenvalue weighted by atomic mass is 19.1. The molecule has 0 saturated heterocycles. The van der Waals surface area contributed by atoms with Gasteiger partial charge < -0.3 is 10.1 Å². The topological polar surface area (TPSA) is 38.3 Å². The highest BCUT2D eigenvalue weighted by Crippen LogP contribution is 2.05. The van der Waals surface area contributed by atoms with Crippen molar-refractivity contribution in [1.82, 2.24) is 5.32 Å². The van der Waals surface area contributed by atoms with E-state index >= 15 is 0 Å². The van der Waals surface area contributed by atoms with Crippen molar-refractivity contribution in [2.24, 2.45) is 0 Å². The minimum atomic E-state index is -0.410. The van der Waals surface area contributed by atoms with E-state index in [0.29, 0.717) is 12.2 Å². The Hall–Kier alpha value is -1.42. The molecule has 18 heavy (non-hydrogen) atoms. The van der Waals surface area contributed by atoms with Gasteiger partial charge in [-0.2, -0.15) is 0 Å². The van der Waals surface area contributed by atoms with Gasteiger partial charge in [-0.1, -0.05) is 13.8 Å². The maximum Gasteiger partial charge on any atom is 0.338 e. The summed E-state index contributed by atoms with van der Waals surface area (Å²) in [6.07, 6.45) is 1.94. The SMILES string of the molecule is CCCNC(CC)COC(=O)c1ccc(F)cc1. The monoisotopic (exact) mass is 253 g/mol. The first-order chi connectivity index (χ1) is 8.67. The molecular weight excluding hydrogens is 233 g/mol. The van der Waals surface area contributed by atoms with Gasteiger partial charge in [0.1, 0.15) is 12.4 Å². The number of benzene rings is 1. The van der Waals surface area contributed by atoms with Crippen LogP contribution in [0.5, 0.6) is 0 Å². The Balaban J connectivity index is 2.42. The molecule has 0 aliphatic heterocycles. The van der Waals surface area contributed by atoms with Gasteiger partial charge in [-0.25, -0.2) is 9.18 Å². The van der Waals surface area contributed by atoms with Gasteiger partial charge >= 0.3 is 5.97 Å². The third-order valence-corrected chi connectivity index (χ3v) is 2.67. The Bertz CT molecular complexity index is 365. The smallest absolute Gasteiger partial charge is 0.338 e. The predicted octanol–water partition coefficient (Wildman–Crippen LogP) is 2.76. The molecule has 1 rings (SSSR count). The van der Waals surface area contributed by atoms with Crippen molar-refractivity contribution < 1.29 is 13.9 Å². The Labute approximate surface area is 107 Å². The summed E-state index contributed by atoms with van der Waals surface area (Å²) in [6.45, 7) is 5.38. The quantitative estimate of drug-likeness (QED) is 0.759. The van der Waals surface area contributed by atoms with Crippen molar-refractivity contribution in [3.05, 3.63) is 35.6 Å². The summed E-state index contributed by atoms with van der Waals surface area (Å²) in [5.74, 6) is -0.769. The van der Waals surface area contributed by atoms with Crippen molar-refractivity contribution in [3.63, 3.8) is 0 Å². The van der Waals surface area contributed by atoms with Crippen LogP contribution in [0.2, 0.25) is 0 Å². The molecule has 1 atom stereocenters. The summed E-state index contributed by atoms with van der Waals surface area (Å²) < 4.78 is 17.9. The third kappa shape index (κ3) is 4.84. The maximum absolute atomic E-state index is 12.7. The number of nitrogens with one attached hydrogen (secondary N) is 1. The molecule has 0 saturated carbocycles. The molecule has 0 aromatic heterocycles. The lowest BCUT2D eigenvalue weighted by Crippen LogP contribution is -2.34. The number of ether oxygens (including phenoxy) is 1. The number of halogens is 1. The molecule has 0 aliphatic carbocycles. The van der Waals surface area contributed by atoms with Crippen molar-refractivity contribution in [1.29, 1.82) is 0 Å². The van der Waals surface area contributed by atoms with Gasteiger partial charge in [0.05, 0.1) is 5.56 Å². The molecule has 0 aliphatic rings. The first kappa shape index (κ1) is 14.6. The molecule has 1 N–H and O–H groups in total. The van der Waals surface area contributed by atoms with Crippen LogP contribution in [0.3, 0.4) is 0 Å². The summed E-state index contributed by atoms with van der Waals surface area (Å²) in [7, 11) is 0. The maximum atomic E-state index is 12.7. The van der Waals surface area contributed by atoms with Gasteiger partial charge in [0, 0.05) is 6.04 Å². The summed E-state index contributed by atoms with van der Waals surface area (Å²) >= 11 is 0. The molecule has 0 heterocycles. The first-order valence-corrected chi connectivity index (χ1v) is 6.33. The molecule has 100 valence electrons. The normalized spacial score (nSPS) is 12.2. The van der Waals surface area contributed by atoms with Gasteiger partial charge in [0.2, 0.25) is 0 Å². The minimum Gasteiger partial charge on any atom is -0.460 e. The van der Waals surface area contributed by atoms with E-state index in [1.54, 1.807) is 0 Å². The van der Waals surface area contributed by atoms with E-state index in [9.17, 15) is 9.18 Å². The highest BCUT2D eigenvalue weighted by molar-refractivity contribution is 5.89. The predicted molar refractivity (Wildman–Crippen MR) is 69.1 cm³/mol. The average molecular weight is 253 g/mol. The van der Waals surface area contributed by atoms with Crippen molar-refractivity contribution >= 4 is 5.97 Å². The second kappa shape index (κ2) is 7.82. The number of rotatable bonds is 7. The van der Waals surface area contributed by atoms with E-state index in [0.717, 1.165) is 19.4 Å². The molecular formula is C14H20FNO2. The Morgan fingerprint density at radius 2 is 2.00 bits per heavy atom. The molecule has 0 spiro atoms. The Kier molecular flexibility index (Phi) is 6.36. The van der Waals surface area contributed by atoms with E-state index in [1.165, 1.54) is 24.3 Å². The number of hydrogen-bond donors (Lipinski definition) is 1. The number of esters is 1. The summed E-state index contributed by atoms with van der Waals surface area (Å²) in [5, 5.41) is 3.30. The van der Waals surface area contributed by atoms with Crippen LogP contribution < -0.4 is 5.32 Å². The van der Waals surface area contributed by atoms with Crippen LogP contribution >= 0.6 is 0 Å². The molecule has 0 bridgehead atoms. The summed E-state index contributed by atoms with van der Waals surface area (Å²) in [4.78, 5) is 11.7. The molecule has 1 aromatic rings.